The SMILES string of the molecule is CCOC(=O)C1CSCCN1C(=O)C1CCCC1CN. The highest BCUT2D eigenvalue weighted by Gasteiger charge is 2.40. The summed E-state index contributed by atoms with van der Waals surface area (Å²) in [5.74, 6) is 1.65. The van der Waals surface area contributed by atoms with Crippen LogP contribution < -0.4 is 5.73 Å². The van der Waals surface area contributed by atoms with Crippen molar-refractivity contribution in [2.24, 2.45) is 17.6 Å². The van der Waals surface area contributed by atoms with E-state index in [9.17, 15) is 9.59 Å². The van der Waals surface area contributed by atoms with E-state index >= 15 is 0 Å². The van der Waals surface area contributed by atoms with Gasteiger partial charge in [0.1, 0.15) is 6.04 Å². The molecule has 1 aliphatic heterocycles. The molecule has 0 spiro atoms. The molecule has 0 aromatic carbocycles. The lowest BCUT2D eigenvalue weighted by Gasteiger charge is -2.36. The fraction of sp³-hybridized carbons (Fsp3) is 0.857. The summed E-state index contributed by atoms with van der Waals surface area (Å²) < 4.78 is 5.11. The van der Waals surface area contributed by atoms with Crippen LogP contribution in [0.2, 0.25) is 0 Å². The van der Waals surface area contributed by atoms with Crippen LogP contribution in [0.15, 0.2) is 0 Å². The van der Waals surface area contributed by atoms with E-state index in [1.165, 1.54) is 0 Å². The fourth-order valence-electron chi connectivity index (χ4n) is 3.16. The van der Waals surface area contributed by atoms with Crippen molar-refractivity contribution in [2.75, 3.05) is 31.2 Å². The Labute approximate surface area is 124 Å². The van der Waals surface area contributed by atoms with Crippen molar-refractivity contribution in [3.05, 3.63) is 0 Å². The molecule has 5 nitrogen and oxygen atoms in total. The lowest BCUT2D eigenvalue weighted by molar-refractivity contribution is -0.155. The summed E-state index contributed by atoms with van der Waals surface area (Å²) in [4.78, 5) is 26.5. The van der Waals surface area contributed by atoms with E-state index in [1.807, 2.05) is 0 Å². The zero-order valence-electron chi connectivity index (χ0n) is 12.0. The third-order valence-corrected chi connectivity index (χ3v) is 5.27. The summed E-state index contributed by atoms with van der Waals surface area (Å²) in [6.45, 7) is 3.35. The van der Waals surface area contributed by atoms with Crippen LogP contribution in [0.25, 0.3) is 0 Å². The Kier molecular flexibility index (Phi) is 5.72. The summed E-state index contributed by atoms with van der Waals surface area (Å²) >= 11 is 1.71. The van der Waals surface area contributed by atoms with Gasteiger partial charge in [-0.3, -0.25) is 4.79 Å². The van der Waals surface area contributed by atoms with Crippen molar-refractivity contribution in [1.82, 2.24) is 4.90 Å². The van der Waals surface area contributed by atoms with E-state index < -0.39 is 6.04 Å². The van der Waals surface area contributed by atoms with Gasteiger partial charge in [-0.1, -0.05) is 6.42 Å². The number of carbonyl (C=O) groups is 2. The molecule has 2 N–H and O–H groups in total. The third-order valence-electron chi connectivity index (χ3n) is 4.25. The molecular formula is C14H24N2O3S. The maximum atomic E-state index is 12.7. The maximum absolute atomic E-state index is 12.7. The van der Waals surface area contributed by atoms with Crippen LogP contribution in [0.3, 0.4) is 0 Å². The van der Waals surface area contributed by atoms with Gasteiger partial charge in [-0.05, 0) is 32.2 Å². The van der Waals surface area contributed by atoms with Gasteiger partial charge in [0.05, 0.1) is 6.61 Å². The standard InChI is InChI=1S/C14H24N2O3S/c1-2-19-14(18)12-9-20-7-6-16(12)13(17)11-5-3-4-10(11)8-15/h10-12H,2-9,15H2,1H3. The molecule has 6 heteroatoms. The van der Waals surface area contributed by atoms with E-state index in [1.54, 1.807) is 23.6 Å². The minimum Gasteiger partial charge on any atom is -0.464 e. The van der Waals surface area contributed by atoms with Crippen molar-refractivity contribution < 1.29 is 14.3 Å². The van der Waals surface area contributed by atoms with Gasteiger partial charge in [0.25, 0.3) is 0 Å². The van der Waals surface area contributed by atoms with Gasteiger partial charge in [0.2, 0.25) is 5.91 Å². The summed E-state index contributed by atoms with van der Waals surface area (Å²) in [6, 6.07) is -0.416. The van der Waals surface area contributed by atoms with Gasteiger partial charge in [-0.2, -0.15) is 11.8 Å². The Morgan fingerprint density at radius 2 is 2.20 bits per heavy atom. The summed E-state index contributed by atoms with van der Waals surface area (Å²) in [5, 5.41) is 0. The number of amides is 1. The number of carbonyl (C=O) groups excluding carboxylic acids is 2. The van der Waals surface area contributed by atoms with Crippen LogP contribution in [0.1, 0.15) is 26.2 Å². The molecule has 3 atom stereocenters. The van der Waals surface area contributed by atoms with Gasteiger partial charge < -0.3 is 15.4 Å². The Hall–Kier alpha value is -0.750. The monoisotopic (exact) mass is 300 g/mol. The molecule has 1 saturated carbocycles. The molecule has 1 saturated heterocycles. The number of ether oxygens (including phenoxy) is 1. The smallest absolute Gasteiger partial charge is 0.329 e. The van der Waals surface area contributed by atoms with E-state index in [2.05, 4.69) is 0 Å². The highest BCUT2D eigenvalue weighted by atomic mass is 32.2. The molecule has 1 amide bonds. The van der Waals surface area contributed by atoms with Gasteiger partial charge in [0.15, 0.2) is 0 Å². The first-order valence-electron chi connectivity index (χ1n) is 7.44. The molecule has 0 aromatic heterocycles. The Morgan fingerprint density at radius 3 is 2.90 bits per heavy atom. The van der Waals surface area contributed by atoms with Gasteiger partial charge in [-0.25, -0.2) is 4.79 Å². The molecule has 114 valence electrons. The fourth-order valence-corrected chi connectivity index (χ4v) is 4.19. The molecule has 2 rings (SSSR count). The molecule has 1 heterocycles. The first kappa shape index (κ1) is 15.6. The second kappa shape index (κ2) is 7.31. The van der Waals surface area contributed by atoms with Crippen molar-refractivity contribution in [1.29, 1.82) is 0 Å². The summed E-state index contributed by atoms with van der Waals surface area (Å²) in [7, 11) is 0. The normalized spacial score (nSPS) is 30.3. The molecule has 2 fully saturated rings. The van der Waals surface area contributed by atoms with E-state index in [0.29, 0.717) is 25.4 Å². The Balaban J connectivity index is 2.07. The highest BCUT2D eigenvalue weighted by Crippen LogP contribution is 2.33. The van der Waals surface area contributed by atoms with Crippen LogP contribution in [0.4, 0.5) is 0 Å². The zero-order chi connectivity index (χ0) is 14.5. The molecular weight excluding hydrogens is 276 g/mol. The van der Waals surface area contributed by atoms with Crippen LogP contribution in [0, 0.1) is 11.8 Å². The number of hydrogen-bond donors (Lipinski definition) is 1. The minimum atomic E-state index is -0.416. The van der Waals surface area contributed by atoms with Crippen molar-refractivity contribution >= 4 is 23.6 Å². The van der Waals surface area contributed by atoms with E-state index in [-0.39, 0.29) is 23.7 Å². The van der Waals surface area contributed by atoms with Crippen molar-refractivity contribution in [3.8, 4) is 0 Å². The van der Waals surface area contributed by atoms with Crippen LogP contribution in [0.5, 0.6) is 0 Å². The topological polar surface area (TPSA) is 72.6 Å². The number of thioether (sulfide) groups is 1. The second-order valence-electron chi connectivity index (χ2n) is 5.41. The first-order chi connectivity index (χ1) is 9.69. The lowest BCUT2D eigenvalue weighted by Crippen LogP contribution is -2.53. The Morgan fingerprint density at radius 1 is 1.40 bits per heavy atom. The van der Waals surface area contributed by atoms with Crippen LogP contribution >= 0.6 is 11.8 Å². The Bertz CT molecular complexity index is 364. The zero-order valence-corrected chi connectivity index (χ0v) is 12.9. The number of esters is 1. The number of nitrogens with two attached hydrogens (primary N) is 1. The largest absolute Gasteiger partial charge is 0.464 e. The van der Waals surface area contributed by atoms with Gasteiger partial charge >= 0.3 is 5.97 Å². The minimum absolute atomic E-state index is 0.0000246. The molecule has 0 bridgehead atoms. The molecule has 1 aliphatic carbocycles. The molecule has 3 unspecified atom stereocenters. The van der Waals surface area contributed by atoms with Gasteiger partial charge in [0, 0.05) is 24.0 Å². The van der Waals surface area contributed by atoms with Crippen molar-refractivity contribution in [3.63, 3.8) is 0 Å². The van der Waals surface area contributed by atoms with E-state index in [4.69, 9.17) is 10.5 Å². The predicted molar refractivity (Wildman–Crippen MR) is 79.3 cm³/mol. The van der Waals surface area contributed by atoms with E-state index in [0.717, 1.165) is 25.0 Å². The third kappa shape index (κ3) is 3.28. The lowest BCUT2D eigenvalue weighted by atomic mass is 9.94. The van der Waals surface area contributed by atoms with Crippen molar-refractivity contribution in [2.45, 2.75) is 32.2 Å². The molecule has 0 radical (unpaired) electrons. The average molecular weight is 300 g/mol. The molecule has 20 heavy (non-hydrogen) atoms. The van der Waals surface area contributed by atoms with Crippen LogP contribution in [-0.2, 0) is 14.3 Å². The second-order valence-corrected chi connectivity index (χ2v) is 6.56. The number of rotatable bonds is 4. The predicted octanol–water partition coefficient (Wildman–Crippen LogP) is 0.869. The summed E-state index contributed by atoms with van der Waals surface area (Å²) in [5.41, 5.74) is 5.77. The van der Waals surface area contributed by atoms with Crippen LogP contribution in [-0.4, -0.2) is 54.0 Å². The number of hydrogen-bond acceptors (Lipinski definition) is 5. The maximum Gasteiger partial charge on any atom is 0.329 e. The first-order valence-corrected chi connectivity index (χ1v) is 8.59. The molecule has 2 aliphatic rings. The highest BCUT2D eigenvalue weighted by molar-refractivity contribution is 7.99. The quantitative estimate of drug-likeness (QED) is 0.780. The summed E-state index contributed by atoms with van der Waals surface area (Å²) in [6.07, 6.45) is 2.99. The molecule has 0 aromatic rings. The number of nitrogens with zero attached hydrogens (tertiary/aromatic N) is 1. The van der Waals surface area contributed by atoms with Gasteiger partial charge in [-0.15, -0.1) is 0 Å². The average Bonchev–Trinajstić information content (AvgIpc) is 2.95.